The van der Waals surface area contributed by atoms with Crippen LogP contribution in [0.15, 0.2) is 12.1 Å². The highest BCUT2D eigenvalue weighted by Gasteiger charge is 2.27. The van der Waals surface area contributed by atoms with Crippen LogP contribution in [0.4, 0.5) is 5.69 Å². The molecule has 110 valence electrons. The lowest BCUT2D eigenvalue weighted by molar-refractivity contribution is 0.162. The van der Waals surface area contributed by atoms with Crippen molar-refractivity contribution in [1.29, 1.82) is 0 Å². The van der Waals surface area contributed by atoms with Crippen molar-refractivity contribution < 1.29 is 0 Å². The lowest BCUT2D eigenvalue weighted by Gasteiger charge is -2.36. The molecule has 2 fully saturated rings. The van der Waals surface area contributed by atoms with E-state index >= 15 is 0 Å². The molecule has 0 aliphatic carbocycles. The van der Waals surface area contributed by atoms with Gasteiger partial charge in [0.25, 0.3) is 0 Å². The molecular weight excluding hydrogens is 291 g/mol. The lowest BCUT2D eigenvalue weighted by Crippen LogP contribution is -2.44. The number of fused-ring (bicyclic) bond motifs is 1. The number of rotatable bonds is 1. The molecule has 3 rings (SSSR count). The fourth-order valence-electron chi connectivity index (χ4n) is 3.47. The van der Waals surface area contributed by atoms with E-state index < -0.39 is 0 Å². The predicted octanol–water partition coefficient (Wildman–Crippen LogP) is 4.37. The molecule has 0 amide bonds. The van der Waals surface area contributed by atoms with Gasteiger partial charge in [0.2, 0.25) is 0 Å². The average Bonchev–Trinajstić information content (AvgIpc) is 2.65. The standard InChI is InChI=1S/C16H22Cl2N2/c1-12-9-15(18)16(10-14(12)17)20-8-4-7-19-6-3-2-5-13(19)11-20/h9-10,13H,2-8,11H2,1H3. The molecule has 1 aromatic carbocycles. The Morgan fingerprint density at radius 1 is 1.00 bits per heavy atom. The van der Waals surface area contributed by atoms with Gasteiger partial charge in [-0.05, 0) is 50.4 Å². The van der Waals surface area contributed by atoms with E-state index in [0.29, 0.717) is 6.04 Å². The molecule has 0 saturated carbocycles. The molecule has 2 aliphatic heterocycles. The first-order valence-corrected chi connectivity index (χ1v) is 8.35. The van der Waals surface area contributed by atoms with Gasteiger partial charge in [0.05, 0.1) is 10.7 Å². The SMILES string of the molecule is Cc1cc(Cl)c(N2CCCN3CCCCC3C2)cc1Cl. The van der Waals surface area contributed by atoms with Gasteiger partial charge < -0.3 is 4.90 Å². The highest BCUT2D eigenvalue weighted by Crippen LogP contribution is 2.33. The molecule has 0 radical (unpaired) electrons. The van der Waals surface area contributed by atoms with Crippen LogP contribution in [0.2, 0.25) is 10.0 Å². The first-order chi connectivity index (χ1) is 9.65. The van der Waals surface area contributed by atoms with Gasteiger partial charge in [-0.1, -0.05) is 29.6 Å². The summed E-state index contributed by atoms with van der Waals surface area (Å²) < 4.78 is 0. The predicted molar refractivity (Wildman–Crippen MR) is 87.2 cm³/mol. The maximum absolute atomic E-state index is 6.45. The van der Waals surface area contributed by atoms with Crippen molar-refractivity contribution in [1.82, 2.24) is 4.90 Å². The van der Waals surface area contributed by atoms with Gasteiger partial charge >= 0.3 is 0 Å². The van der Waals surface area contributed by atoms with Crippen molar-refractivity contribution in [3.63, 3.8) is 0 Å². The van der Waals surface area contributed by atoms with Crippen molar-refractivity contribution in [2.45, 2.75) is 38.6 Å². The number of piperidine rings is 1. The zero-order valence-electron chi connectivity index (χ0n) is 12.0. The van der Waals surface area contributed by atoms with Crippen molar-refractivity contribution in [2.24, 2.45) is 0 Å². The zero-order chi connectivity index (χ0) is 14.1. The Bertz CT molecular complexity index is 490. The fraction of sp³-hybridized carbons (Fsp3) is 0.625. The number of hydrogen-bond acceptors (Lipinski definition) is 2. The zero-order valence-corrected chi connectivity index (χ0v) is 13.6. The smallest absolute Gasteiger partial charge is 0.0643 e. The minimum atomic E-state index is 0.683. The Balaban J connectivity index is 1.84. The topological polar surface area (TPSA) is 6.48 Å². The quantitative estimate of drug-likeness (QED) is 0.760. The molecule has 0 spiro atoms. The third-order valence-electron chi connectivity index (χ3n) is 4.62. The van der Waals surface area contributed by atoms with Gasteiger partial charge in [-0.2, -0.15) is 0 Å². The molecule has 0 bridgehead atoms. The molecule has 0 aromatic heterocycles. The first kappa shape index (κ1) is 14.5. The summed E-state index contributed by atoms with van der Waals surface area (Å²) in [4.78, 5) is 5.09. The summed E-state index contributed by atoms with van der Waals surface area (Å²) in [6, 6.07) is 4.71. The minimum Gasteiger partial charge on any atom is -0.369 e. The second-order valence-corrected chi connectivity index (χ2v) is 6.85. The molecule has 2 aliphatic rings. The maximum Gasteiger partial charge on any atom is 0.0643 e. The molecule has 2 nitrogen and oxygen atoms in total. The Kier molecular flexibility index (Phi) is 4.44. The van der Waals surface area contributed by atoms with E-state index in [1.807, 2.05) is 19.1 Å². The molecule has 4 heteroatoms. The van der Waals surface area contributed by atoms with E-state index in [1.165, 1.54) is 38.8 Å². The van der Waals surface area contributed by atoms with Crippen LogP contribution in [0.5, 0.6) is 0 Å². The summed E-state index contributed by atoms with van der Waals surface area (Å²) in [7, 11) is 0. The summed E-state index contributed by atoms with van der Waals surface area (Å²) in [6.45, 7) is 6.65. The third kappa shape index (κ3) is 2.93. The van der Waals surface area contributed by atoms with E-state index in [4.69, 9.17) is 23.2 Å². The number of anilines is 1. The van der Waals surface area contributed by atoms with Crippen molar-refractivity contribution in [3.05, 3.63) is 27.7 Å². The van der Waals surface area contributed by atoms with E-state index in [0.717, 1.165) is 34.4 Å². The molecule has 2 heterocycles. The van der Waals surface area contributed by atoms with Gasteiger partial charge in [0, 0.05) is 30.7 Å². The highest BCUT2D eigenvalue weighted by molar-refractivity contribution is 6.35. The fourth-order valence-corrected chi connectivity index (χ4v) is 3.96. The third-order valence-corrected chi connectivity index (χ3v) is 5.33. The number of nitrogens with zero attached hydrogens (tertiary/aromatic N) is 2. The Labute approximate surface area is 131 Å². The van der Waals surface area contributed by atoms with E-state index in [2.05, 4.69) is 9.80 Å². The second kappa shape index (κ2) is 6.13. The van der Waals surface area contributed by atoms with Gasteiger partial charge in [-0.25, -0.2) is 0 Å². The summed E-state index contributed by atoms with van der Waals surface area (Å²) in [6.07, 6.45) is 5.23. The van der Waals surface area contributed by atoms with E-state index in [1.54, 1.807) is 0 Å². The molecule has 1 aromatic rings. The molecule has 20 heavy (non-hydrogen) atoms. The highest BCUT2D eigenvalue weighted by atomic mass is 35.5. The molecule has 0 N–H and O–H groups in total. The Hall–Kier alpha value is -0.440. The molecular formula is C16H22Cl2N2. The van der Waals surface area contributed by atoms with Crippen LogP contribution in [0.1, 0.15) is 31.2 Å². The van der Waals surface area contributed by atoms with Crippen molar-refractivity contribution >= 4 is 28.9 Å². The van der Waals surface area contributed by atoms with Crippen LogP contribution in [0.3, 0.4) is 0 Å². The number of halogens is 2. The van der Waals surface area contributed by atoms with Crippen LogP contribution < -0.4 is 4.90 Å². The van der Waals surface area contributed by atoms with Crippen LogP contribution >= 0.6 is 23.2 Å². The maximum atomic E-state index is 6.45. The van der Waals surface area contributed by atoms with Crippen LogP contribution in [-0.2, 0) is 0 Å². The summed E-state index contributed by atoms with van der Waals surface area (Å²) >= 11 is 12.7. The van der Waals surface area contributed by atoms with Crippen molar-refractivity contribution in [3.8, 4) is 0 Å². The van der Waals surface area contributed by atoms with E-state index in [-0.39, 0.29) is 0 Å². The summed E-state index contributed by atoms with van der Waals surface area (Å²) in [5, 5.41) is 1.64. The summed E-state index contributed by atoms with van der Waals surface area (Å²) in [5.74, 6) is 0. The van der Waals surface area contributed by atoms with Gasteiger partial charge in [-0.3, -0.25) is 4.90 Å². The molecule has 1 atom stereocenters. The van der Waals surface area contributed by atoms with Crippen LogP contribution in [-0.4, -0.2) is 37.1 Å². The first-order valence-electron chi connectivity index (χ1n) is 7.60. The largest absolute Gasteiger partial charge is 0.369 e. The average molecular weight is 313 g/mol. The Morgan fingerprint density at radius 3 is 2.65 bits per heavy atom. The molecule has 2 saturated heterocycles. The minimum absolute atomic E-state index is 0.683. The summed E-state index contributed by atoms with van der Waals surface area (Å²) in [5.41, 5.74) is 2.16. The van der Waals surface area contributed by atoms with Crippen LogP contribution in [0, 0.1) is 6.92 Å². The normalized spacial score (nSPS) is 24.4. The lowest BCUT2D eigenvalue weighted by atomic mass is 10.0. The number of benzene rings is 1. The van der Waals surface area contributed by atoms with Crippen LogP contribution in [0.25, 0.3) is 0 Å². The molecule has 1 unspecified atom stereocenters. The second-order valence-electron chi connectivity index (χ2n) is 6.04. The van der Waals surface area contributed by atoms with Crippen molar-refractivity contribution in [2.75, 3.05) is 31.1 Å². The van der Waals surface area contributed by atoms with Gasteiger partial charge in [0.1, 0.15) is 0 Å². The number of hydrogen-bond donors (Lipinski definition) is 0. The number of aryl methyl sites for hydroxylation is 1. The van der Waals surface area contributed by atoms with E-state index in [9.17, 15) is 0 Å². The van der Waals surface area contributed by atoms with Gasteiger partial charge in [-0.15, -0.1) is 0 Å². The monoisotopic (exact) mass is 312 g/mol. The van der Waals surface area contributed by atoms with Gasteiger partial charge in [0.15, 0.2) is 0 Å². The Morgan fingerprint density at radius 2 is 1.80 bits per heavy atom.